The average Bonchev–Trinajstić information content (AvgIpc) is 2.91. The van der Waals surface area contributed by atoms with E-state index in [-0.39, 0.29) is 17.8 Å². The highest BCUT2D eigenvalue weighted by molar-refractivity contribution is 5.75. The Labute approximate surface area is 114 Å². The molecule has 1 aliphatic rings. The fraction of sp³-hybridized carbons (Fsp3) is 0.533. The highest BCUT2D eigenvalue weighted by Crippen LogP contribution is 2.18. The first-order chi connectivity index (χ1) is 9.15. The monoisotopic (exact) mass is 263 g/mol. The van der Waals surface area contributed by atoms with Crippen LogP contribution in [0, 0.1) is 0 Å². The zero-order chi connectivity index (χ0) is 13.7. The summed E-state index contributed by atoms with van der Waals surface area (Å²) in [6.45, 7) is 1.41. The van der Waals surface area contributed by atoms with Crippen molar-refractivity contribution in [3.8, 4) is 5.75 Å². The van der Waals surface area contributed by atoms with Gasteiger partial charge in [-0.25, -0.2) is 0 Å². The summed E-state index contributed by atoms with van der Waals surface area (Å²) in [4.78, 5) is 13.7. The third-order valence-corrected chi connectivity index (χ3v) is 3.49. The van der Waals surface area contributed by atoms with Crippen molar-refractivity contribution in [1.29, 1.82) is 0 Å². The summed E-state index contributed by atoms with van der Waals surface area (Å²) in [6.07, 6.45) is 3.82. The molecule has 0 radical (unpaired) electrons. The van der Waals surface area contributed by atoms with E-state index in [9.17, 15) is 9.90 Å². The Bertz CT molecular complexity index is 410. The smallest absolute Gasteiger partial charge is 0.222 e. The normalized spacial score (nSPS) is 18.5. The predicted molar refractivity (Wildman–Crippen MR) is 72.8 cm³/mol. The summed E-state index contributed by atoms with van der Waals surface area (Å²) in [5.41, 5.74) is 1.02. The lowest BCUT2D eigenvalue weighted by molar-refractivity contribution is -0.131. The Morgan fingerprint density at radius 3 is 2.79 bits per heavy atom. The molecule has 1 amide bonds. The molecular formula is C15H21NO3. The van der Waals surface area contributed by atoms with Crippen LogP contribution < -0.4 is 0 Å². The van der Waals surface area contributed by atoms with Gasteiger partial charge in [0.1, 0.15) is 5.75 Å². The van der Waals surface area contributed by atoms with Gasteiger partial charge in [-0.3, -0.25) is 4.79 Å². The van der Waals surface area contributed by atoms with E-state index < -0.39 is 0 Å². The third kappa shape index (κ3) is 4.24. The second-order valence-corrected chi connectivity index (χ2v) is 5.09. The van der Waals surface area contributed by atoms with Crippen LogP contribution in [0.15, 0.2) is 24.3 Å². The zero-order valence-corrected chi connectivity index (χ0v) is 11.3. The van der Waals surface area contributed by atoms with Crippen molar-refractivity contribution in [2.75, 3.05) is 13.7 Å². The van der Waals surface area contributed by atoms with E-state index in [1.165, 1.54) is 0 Å². The van der Waals surface area contributed by atoms with Gasteiger partial charge in [0.05, 0.1) is 6.10 Å². The number of phenolic OH excluding ortho intramolecular Hbond substituents is 1. The van der Waals surface area contributed by atoms with Gasteiger partial charge in [0.2, 0.25) is 5.91 Å². The topological polar surface area (TPSA) is 49.8 Å². The van der Waals surface area contributed by atoms with Gasteiger partial charge < -0.3 is 14.7 Å². The fourth-order valence-electron chi connectivity index (χ4n) is 2.31. The first-order valence-electron chi connectivity index (χ1n) is 6.78. The summed E-state index contributed by atoms with van der Waals surface area (Å²) in [7, 11) is 1.81. The second kappa shape index (κ2) is 6.57. The lowest BCUT2D eigenvalue weighted by Crippen LogP contribution is -2.26. The number of rotatable bonds is 5. The number of hydrogen-bond donors (Lipinski definition) is 1. The molecule has 1 aromatic carbocycles. The lowest BCUT2D eigenvalue weighted by Gasteiger charge is -2.18. The molecule has 0 saturated carbocycles. The fourth-order valence-corrected chi connectivity index (χ4v) is 2.31. The van der Waals surface area contributed by atoms with Gasteiger partial charge in [0.25, 0.3) is 0 Å². The molecule has 1 unspecified atom stereocenters. The number of amides is 1. The van der Waals surface area contributed by atoms with Crippen LogP contribution in [-0.4, -0.2) is 35.7 Å². The third-order valence-electron chi connectivity index (χ3n) is 3.49. The minimum Gasteiger partial charge on any atom is -0.508 e. The summed E-state index contributed by atoms with van der Waals surface area (Å²) in [5, 5.41) is 9.21. The summed E-state index contributed by atoms with van der Waals surface area (Å²) < 4.78 is 5.52. The van der Waals surface area contributed by atoms with Crippen LogP contribution in [0.3, 0.4) is 0 Å². The van der Waals surface area contributed by atoms with Crippen molar-refractivity contribution < 1.29 is 14.6 Å². The van der Waals surface area contributed by atoms with Crippen molar-refractivity contribution in [2.24, 2.45) is 0 Å². The molecule has 19 heavy (non-hydrogen) atoms. The molecular weight excluding hydrogens is 242 g/mol. The Hall–Kier alpha value is -1.55. The maximum Gasteiger partial charge on any atom is 0.222 e. The molecule has 0 bridgehead atoms. The highest BCUT2D eigenvalue weighted by atomic mass is 16.5. The average molecular weight is 263 g/mol. The Morgan fingerprint density at radius 2 is 2.16 bits per heavy atom. The minimum atomic E-state index is 0.142. The van der Waals surface area contributed by atoms with Gasteiger partial charge in [-0.15, -0.1) is 0 Å². The molecule has 0 aromatic heterocycles. The standard InChI is InChI=1S/C15H21NO3/c1-16(11-12-4-6-13(17)7-5-12)15(18)9-8-14-3-2-10-19-14/h4-7,14,17H,2-3,8-11H2,1H3. The lowest BCUT2D eigenvalue weighted by atomic mass is 10.1. The van der Waals surface area contributed by atoms with Crippen LogP contribution >= 0.6 is 0 Å². The van der Waals surface area contributed by atoms with Crippen molar-refractivity contribution in [2.45, 2.75) is 38.3 Å². The quantitative estimate of drug-likeness (QED) is 0.887. The van der Waals surface area contributed by atoms with Crippen molar-refractivity contribution in [3.63, 3.8) is 0 Å². The van der Waals surface area contributed by atoms with Crippen LogP contribution in [0.2, 0.25) is 0 Å². The molecule has 1 N–H and O–H groups in total. The van der Waals surface area contributed by atoms with Crippen molar-refractivity contribution >= 4 is 5.91 Å². The molecule has 1 atom stereocenters. The van der Waals surface area contributed by atoms with Crippen LogP contribution in [0.4, 0.5) is 0 Å². The highest BCUT2D eigenvalue weighted by Gasteiger charge is 2.18. The van der Waals surface area contributed by atoms with E-state index in [0.29, 0.717) is 13.0 Å². The molecule has 4 heteroatoms. The number of aromatic hydroxyl groups is 1. The van der Waals surface area contributed by atoms with Gasteiger partial charge in [-0.1, -0.05) is 12.1 Å². The zero-order valence-electron chi connectivity index (χ0n) is 11.3. The number of ether oxygens (including phenoxy) is 1. The Balaban J connectivity index is 1.76. The maximum absolute atomic E-state index is 12.0. The Morgan fingerprint density at radius 1 is 1.42 bits per heavy atom. The van der Waals surface area contributed by atoms with Crippen molar-refractivity contribution in [1.82, 2.24) is 4.90 Å². The first kappa shape index (κ1) is 13.9. The van der Waals surface area contributed by atoms with Crippen LogP contribution in [-0.2, 0) is 16.1 Å². The van der Waals surface area contributed by atoms with Gasteiger partial charge in [-0.2, -0.15) is 0 Å². The minimum absolute atomic E-state index is 0.142. The van der Waals surface area contributed by atoms with Gasteiger partial charge >= 0.3 is 0 Å². The molecule has 2 rings (SSSR count). The molecule has 1 heterocycles. The van der Waals surface area contributed by atoms with Gasteiger partial charge in [-0.05, 0) is 37.0 Å². The number of hydrogen-bond acceptors (Lipinski definition) is 3. The van der Waals surface area contributed by atoms with E-state index in [1.807, 2.05) is 19.2 Å². The molecule has 0 spiro atoms. The van der Waals surface area contributed by atoms with Crippen LogP contribution in [0.1, 0.15) is 31.2 Å². The van der Waals surface area contributed by atoms with E-state index in [2.05, 4.69) is 0 Å². The number of carbonyl (C=O) groups is 1. The van der Waals surface area contributed by atoms with E-state index in [4.69, 9.17) is 4.74 Å². The predicted octanol–water partition coefficient (Wildman–Crippen LogP) is 2.31. The van der Waals surface area contributed by atoms with Gasteiger partial charge in [0, 0.05) is 26.6 Å². The van der Waals surface area contributed by atoms with E-state index >= 15 is 0 Å². The van der Waals surface area contributed by atoms with E-state index in [1.54, 1.807) is 17.0 Å². The summed E-state index contributed by atoms with van der Waals surface area (Å²) in [5.74, 6) is 0.389. The Kier molecular flexibility index (Phi) is 4.80. The summed E-state index contributed by atoms with van der Waals surface area (Å²) in [6, 6.07) is 6.94. The van der Waals surface area contributed by atoms with Crippen LogP contribution in [0.5, 0.6) is 5.75 Å². The molecule has 0 aliphatic carbocycles. The summed E-state index contributed by atoms with van der Waals surface area (Å²) >= 11 is 0. The maximum atomic E-state index is 12.0. The number of nitrogens with zero attached hydrogens (tertiary/aromatic N) is 1. The van der Waals surface area contributed by atoms with Crippen LogP contribution in [0.25, 0.3) is 0 Å². The number of carbonyl (C=O) groups excluding carboxylic acids is 1. The van der Waals surface area contributed by atoms with Crippen molar-refractivity contribution in [3.05, 3.63) is 29.8 Å². The van der Waals surface area contributed by atoms with E-state index in [0.717, 1.165) is 31.4 Å². The molecule has 1 aromatic rings. The number of benzene rings is 1. The molecule has 1 saturated heterocycles. The second-order valence-electron chi connectivity index (χ2n) is 5.09. The molecule has 4 nitrogen and oxygen atoms in total. The molecule has 1 fully saturated rings. The molecule has 104 valence electrons. The first-order valence-corrected chi connectivity index (χ1v) is 6.78. The number of phenols is 1. The van der Waals surface area contributed by atoms with Gasteiger partial charge in [0.15, 0.2) is 0 Å². The molecule has 1 aliphatic heterocycles. The largest absolute Gasteiger partial charge is 0.508 e. The SMILES string of the molecule is CN(Cc1ccc(O)cc1)C(=O)CCC1CCCO1.